The molecule has 3 nitrogen and oxygen atoms in total. The fourth-order valence-electron chi connectivity index (χ4n) is 3.83. The Morgan fingerprint density at radius 2 is 2.10 bits per heavy atom. The minimum atomic E-state index is -2.89. The van der Waals surface area contributed by atoms with Gasteiger partial charge in [0, 0.05) is 6.42 Å². The molecule has 3 atom stereocenters. The minimum Gasteiger partial charge on any atom is -0.433 e. The van der Waals surface area contributed by atoms with Crippen LogP contribution in [0.25, 0.3) is 0 Å². The minimum absolute atomic E-state index is 0.00814. The van der Waals surface area contributed by atoms with Gasteiger partial charge in [-0.3, -0.25) is 4.79 Å². The van der Waals surface area contributed by atoms with Crippen molar-refractivity contribution >= 4 is 11.6 Å². The maximum atomic E-state index is 12.3. The number of halogens is 2. The van der Waals surface area contributed by atoms with Gasteiger partial charge in [0.15, 0.2) is 0 Å². The van der Waals surface area contributed by atoms with Crippen molar-refractivity contribution < 1.29 is 18.3 Å². The number of amides is 1. The first-order valence-electron chi connectivity index (χ1n) is 7.45. The van der Waals surface area contributed by atoms with Crippen LogP contribution >= 0.6 is 0 Å². The van der Waals surface area contributed by atoms with Crippen LogP contribution in [0.2, 0.25) is 0 Å². The quantitative estimate of drug-likeness (QED) is 0.890. The van der Waals surface area contributed by atoms with Gasteiger partial charge in [-0.05, 0) is 49.1 Å². The van der Waals surface area contributed by atoms with E-state index in [0.717, 1.165) is 12.3 Å². The summed E-state index contributed by atoms with van der Waals surface area (Å²) in [6.45, 7) is -2.89. The maximum absolute atomic E-state index is 12.3. The first-order valence-corrected chi connectivity index (χ1v) is 7.45. The molecule has 2 aliphatic carbocycles. The van der Waals surface area contributed by atoms with E-state index in [9.17, 15) is 13.6 Å². The lowest BCUT2D eigenvalue weighted by atomic mass is 9.86. The van der Waals surface area contributed by atoms with Crippen molar-refractivity contribution in [2.24, 2.45) is 17.8 Å². The molecule has 21 heavy (non-hydrogen) atoms. The molecule has 1 aromatic rings. The second-order valence-electron chi connectivity index (χ2n) is 6.06. The van der Waals surface area contributed by atoms with Crippen LogP contribution in [0.5, 0.6) is 5.75 Å². The zero-order valence-electron chi connectivity index (χ0n) is 11.7. The third-order valence-electron chi connectivity index (χ3n) is 4.71. The lowest BCUT2D eigenvalue weighted by Crippen LogP contribution is -2.20. The normalized spacial score (nSPS) is 27.1. The number of ether oxygens (including phenoxy) is 1. The Kier molecular flexibility index (Phi) is 4.08. The number of carbonyl (C=O) groups excluding carboxylic acids is 1. The summed E-state index contributed by atoms with van der Waals surface area (Å²) < 4.78 is 29.1. The second-order valence-corrected chi connectivity index (χ2v) is 6.06. The Labute approximate surface area is 122 Å². The smallest absolute Gasteiger partial charge is 0.387 e. The highest BCUT2D eigenvalue weighted by Crippen LogP contribution is 2.49. The summed E-state index contributed by atoms with van der Waals surface area (Å²) in [5.74, 6) is 1.81. The van der Waals surface area contributed by atoms with Crippen LogP contribution in [0.1, 0.15) is 32.1 Å². The Bertz CT molecular complexity index is 521. The molecule has 0 unspecified atom stereocenters. The standard InChI is InChI=1S/C16H19F2NO2/c17-16(18)21-14-4-2-1-3-13(14)19-15(20)9-12-8-10-5-6-11(12)7-10/h1-4,10-12,16H,5-9H2,(H,19,20)/t10-,11-,12-/m0/s1. The molecule has 0 aromatic heterocycles. The van der Waals surface area contributed by atoms with Gasteiger partial charge in [-0.15, -0.1) is 0 Å². The Morgan fingerprint density at radius 3 is 2.76 bits per heavy atom. The number of hydrogen-bond acceptors (Lipinski definition) is 2. The van der Waals surface area contributed by atoms with Gasteiger partial charge in [0.05, 0.1) is 5.69 Å². The van der Waals surface area contributed by atoms with Crippen molar-refractivity contribution in [2.45, 2.75) is 38.7 Å². The molecule has 0 saturated heterocycles. The zero-order valence-corrected chi connectivity index (χ0v) is 11.7. The van der Waals surface area contributed by atoms with E-state index in [1.807, 2.05) is 0 Å². The van der Waals surface area contributed by atoms with Crippen molar-refractivity contribution in [3.05, 3.63) is 24.3 Å². The average molecular weight is 295 g/mol. The Hall–Kier alpha value is -1.65. The van der Waals surface area contributed by atoms with Crippen molar-refractivity contribution in [2.75, 3.05) is 5.32 Å². The summed E-state index contributed by atoms with van der Waals surface area (Å²) in [6, 6.07) is 6.30. The van der Waals surface area contributed by atoms with Gasteiger partial charge < -0.3 is 10.1 Å². The third-order valence-corrected chi connectivity index (χ3v) is 4.71. The number of para-hydroxylation sites is 2. The SMILES string of the molecule is O=C(C[C@@H]1C[C@H]2CC[C@H]1C2)Nc1ccccc1OC(F)F. The molecule has 0 radical (unpaired) electrons. The summed E-state index contributed by atoms with van der Waals surface area (Å²) in [5, 5.41) is 2.70. The predicted molar refractivity (Wildman–Crippen MR) is 75.3 cm³/mol. The zero-order chi connectivity index (χ0) is 14.8. The number of rotatable bonds is 5. The topological polar surface area (TPSA) is 38.3 Å². The molecule has 3 rings (SSSR count). The first-order chi connectivity index (χ1) is 10.1. The van der Waals surface area contributed by atoms with Crippen LogP contribution < -0.4 is 10.1 Å². The Morgan fingerprint density at radius 1 is 1.29 bits per heavy atom. The second kappa shape index (κ2) is 6.00. The van der Waals surface area contributed by atoms with Crippen LogP contribution in [0.4, 0.5) is 14.5 Å². The highest BCUT2D eigenvalue weighted by Gasteiger charge is 2.40. The van der Waals surface area contributed by atoms with E-state index in [1.54, 1.807) is 18.2 Å². The van der Waals surface area contributed by atoms with Gasteiger partial charge in [0.25, 0.3) is 0 Å². The van der Waals surface area contributed by atoms with Gasteiger partial charge in [-0.2, -0.15) is 8.78 Å². The molecule has 0 spiro atoms. The number of nitrogens with one attached hydrogen (secondary N) is 1. The first kappa shape index (κ1) is 14.3. The van der Waals surface area contributed by atoms with Crippen LogP contribution in [0.15, 0.2) is 24.3 Å². The van der Waals surface area contributed by atoms with E-state index >= 15 is 0 Å². The number of hydrogen-bond donors (Lipinski definition) is 1. The van der Waals surface area contributed by atoms with Gasteiger partial charge in [-0.1, -0.05) is 18.6 Å². The van der Waals surface area contributed by atoms with Crippen LogP contribution in [0.3, 0.4) is 0 Å². The van der Waals surface area contributed by atoms with E-state index in [-0.39, 0.29) is 11.7 Å². The van der Waals surface area contributed by atoms with Gasteiger partial charge in [0.2, 0.25) is 5.91 Å². The summed E-state index contributed by atoms with van der Waals surface area (Å²) in [4.78, 5) is 12.1. The predicted octanol–water partition coefficient (Wildman–Crippen LogP) is 4.05. The molecule has 2 aliphatic rings. The van der Waals surface area contributed by atoms with Crippen molar-refractivity contribution in [1.82, 2.24) is 0 Å². The highest BCUT2D eigenvalue weighted by atomic mass is 19.3. The summed E-state index contributed by atoms with van der Waals surface area (Å²) in [5.41, 5.74) is 0.311. The molecular formula is C16H19F2NO2. The van der Waals surface area contributed by atoms with Gasteiger partial charge in [-0.25, -0.2) is 0 Å². The fraction of sp³-hybridized carbons (Fsp3) is 0.562. The summed E-state index contributed by atoms with van der Waals surface area (Å²) >= 11 is 0. The molecule has 5 heteroatoms. The number of fused-ring (bicyclic) bond motifs is 2. The van der Waals surface area contributed by atoms with E-state index in [1.165, 1.54) is 25.3 Å². The van der Waals surface area contributed by atoms with Gasteiger partial charge in [0.1, 0.15) is 5.75 Å². The van der Waals surface area contributed by atoms with E-state index < -0.39 is 6.61 Å². The average Bonchev–Trinajstić information content (AvgIpc) is 3.02. The molecule has 1 aromatic carbocycles. The van der Waals surface area contributed by atoms with E-state index in [4.69, 9.17) is 0 Å². The largest absolute Gasteiger partial charge is 0.433 e. The number of anilines is 1. The molecule has 2 bridgehead atoms. The maximum Gasteiger partial charge on any atom is 0.387 e. The lowest BCUT2D eigenvalue weighted by molar-refractivity contribution is -0.117. The van der Waals surface area contributed by atoms with Crippen molar-refractivity contribution in [3.63, 3.8) is 0 Å². The molecule has 0 aliphatic heterocycles. The number of carbonyl (C=O) groups is 1. The molecule has 1 N–H and O–H groups in total. The monoisotopic (exact) mass is 295 g/mol. The summed E-state index contributed by atoms with van der Waals surface area (Å²) in [7, 11) is 0. The molecule has 1 amide bonds. The number of benzene rings is 1. The summed E-state index contributed by atoms with van der Waals surface area (Å²) in [6.07, 6.45) is 5.39. The molecular weight excluding hydrogens is 276 g/mol. The molecule has 114 valence electrons. The highest BCUT2D eigenvalue weighted by molar-refractivity contribution is 5.92. The van der Waals surface area contributed by atoms with Crippen LogP contribution in [-0.2, 0) is 4.79 Å². The Balaban J connectivity index is 1.60. The van der Waals surface area contributed by atoms with Crippen molar-refractivity contribution in [1.29, 1.82) is 0 Å². The third kappa shape index (κ3) is 3.34. The molecule has 2 saturated carbocycles. The van der Waals surface area contributed by atoms with Gasteiger partial charge >= 0.3 is 6.61 Å². The lowest BCUT2D eigenvalue weighted by Gasteiger charge is -2.21. The van der Waals surface area contributed by atoms with E-state index in [2.05, 4.69) is 10.1 Å². The van der Waals surface area contributed by atoms with Crippen LogP contribution in [0, 0.1) is 17.8 Å². The van der Waals surface area contributed by atoms with Crippen molar-refractivity contribution in [3.8, 4) is 5.75 Å². The van der Waals surface area contributed by atoms with E-state index in [0.29, 0.717) is 23.9 Å². The fourth-order valence-corrected chi connectivity index (χ4v) is 3.83. The van der Waals surface area contributed by atoms with Crippen LogP contribution in [-0.4, -0.2) is 12.5 Å². The number of alkyl halides is 2. The molecule has 0 heterocycles. The molecule has 2 fully saturated rings.